The Balaban J connectivity index is 3.29. The first kappa shape index (κ1) is 6.32. The van der Waals surface area contributed by atoms with Gasteiger partial charge in [-0.2, -0.15) is 0 Å². The second-order valence-corrected chi connectivity index (χ2v) is 1.27. The Hall–Kier alpha value is -0.680. The molecule has 0 saturated carbocycles. The van der Waals surface area contributed by atoms with Crippen molar-refractivity contribution in [3.8, 4) is 12.0 Å². The Morgan fingerprint density at radius 2 is 2.29 bits per heavy atom. The topological polar surface area (TPSA) is 32.3 Å². The van der Waals surface area contributed by atoms with E-state index >= 15 is 0 Å². The van der Waals surface area contributed by atoms with Gasteiger partial charge in [-0.15, -0.1) is 0 Å². The van der Waals surface area contributed by atoms with Crippen molar-refractivity contribution in [2.45, 2.75) is 13.0 Å². The summed E-state index contributed by atoms with van der Waals surface area (Å²) in [5, 5.41) is 10.8. The summed E-state index contributed by atoms with van der Waals surface area (Å²) in [5.74, 6) is 2.49. The smallest absolute Gasteiger partial charge is 0.109 e. The average Bonchev–Trinajstić information content (AvgIpc) is 1.68. The molecular formula is C5H9NO. The van der Waals surface area contributed by atoms with E-state index < -0.39 is 0 Å². The maximum atomic E-state index is 7.97. The van der Waals surface area contributed by atoms with Crippen LogP contribution in [0.5, 0.6) is 0 Å². The molecule has 2 nitrogen and oxygen atoms in total. The first-order valence-electron chi connectivity index (χ1n) is 2.13. The first-order valence-corrected chi connectivity index (χ1v) is 2.13. The highest BCUT2D eigenvalue weighted by atomic mass is 16.2. The van der Waals surface area contributed by atoms with E-state index in [0.29, 0.717) is 0 Å². The van der Waals surface area contributed by atoms with Gasteiger partial charge in [-0.05, 0) is 19.9 Å². The van der Waals surface area contributed by atoms with Gasteiger partial charge in [0.25, 0.3) is 0 Å². The molecular weight excluding hydrogens is 90.1 g/mol. The predicted octanol–water partition coefficient (Wildman–Crippen LogP) is -0.0723. The molecule has 0 aromatic carbocycles. The standard InChI is InChI=1S/C5H9NO/c1-5(6-2)3-4-7/h5-7H,1-2H3. The van der Waals surface area contributed by atoms with Crippen LogP contribution in [0.25, 0.3) is 0 Å². The van der Waals surface area contributed by atoms with Gasteiger partial charge in [0.05, 0.1) is 6.04 Å². The fourth-order valence-corrected chi connectivity index (χ4v) is 0.169. The molecule has 40 valence electrons. The van der Waals surface area contributed by atoms with Crippen LogP contribution in [0.1, 0.15) is 6.92 Å². The Morgan fingerprint density at radius 1 is 1.71 bits per heavy atom. The van der Waals surface area contributed by atoms with Crippen molar-refractivity contribution in [2.24, 2.45) is 0 Å². The molecule has 1 unspecified atom stereocenters. The molecule has 0 bridgehead atoms. The fraction of sp³-hybridized carbons (Fsp3) is 0.600. The van der Waals surface area contributed by atoms with Crippen LogP contribution in [-0.2, 0) is 0 Å². The molecule has 0 aliphatic heterocycles. The van der Waals surface area contributed by atoms with Crippen LogP contribution in [0.15, 0.2) is 0 Å². The van der Waals surface area contributed by atoms with Crippen LogP contribution in [0.2, 0.25) is 0 Å². The van der Waals surface area contributed by atoms with Gasteiger partial charge in [0.2, 0.25) is 0 Å². The van der Waals surface area contributed by atoms with E-state index in [1.54, 1.807) is 13.2 Å². The molecule has 0 aliphatic rings. The van der Waals surface area contributed by atoms with E-state index in [-0.39, 0.29) is 6.04 Å². The molecule has 0 aliphatic carbocycles. The van der Waals surface area contributed by atoms with Crippen molar-refractivity contribution in [1.29, 1.82) is 0 Å². The van der Waals surface area contributed by atoms with Gasteiger partial charge in [0.1, 0.15) is 6.11 Å². The zero-order valence-electron chi connectivity index (χ0n) is 4.52. The molecule has 0 spiro atoms. The molecule has 2 N–H and O–H groups in total. The fourth-order valence-electron chi connectivity index (χ4n) is 0.169. The second kappa shape index (κ2) is 3.51. The number of aliphatic hydroxyl groups excluding tert-OH is 1. The maximum absolute atomic E-state index is 7.97. The lowest BCUT2D eigenvalue weighted by atomic mass is 10.4. The Labute approximate surface area is 43.5 Å². The third kappa shape index (κ3) is 3.14. The minimum absolute atomic E-state index is 0.0880. The summed E-state index contributed by atoms with van der Waals surface area (Å²) >= 11 is 0. The van der Waals surface area contributed by atoms with Crippen LogP contribution in [-0.4, -0.2) is 18.2 Å². The molecule has 7 heavy (non-hydrogen) atoms. The molecule has 2 heteroatoms. The molecule has 0 radical (unpaired) electrons. The summed E-state index contributed by atoms with van der Waals surface area (Å²) in [6, 6.07) is 0.0880. The maximum Gasteiger partial charge on any atom is 0.109 e. The van der Waals surface area contributed by atoms with Gasteiger partial charge in [-0.3, -0.25) is 0 Å². The quantitative estimate of drug-likeness (QED) is 0.451. The first-order chi connectivity index (χ1) is 3.31. The number of nitrogens with one attached hydrogen (secondary N) is 1. The van der Waals surface area contributed by atoms with E-state index in [1.165, 1.54) is 0 Å². The lowest BCUT2D eigenvalue weighted by Crippen LogP contribution is -2.18. The molecule has 0 rings (SSSR count). The van der Waals surface area contributed by atoms with Crippen molar-refractivity contribution >= 4 is 0 Å². The third-order valence-corrected chi connectivity index (χ3v) is 0.714. The van der Waals surface area contributed by atoms with E-state index in [4.69, 9.17) is 5.11 Å². The number of hydrogen-bond donors (Lipinski definition) is 2. The summed E-state index contributed by atoms with van der Waals surface area (Å²) in [6.07, 6.45) is 1.81. The van der Waals surface area contributed by atoms with Crippen LogP contribution in [0.4, 0.5) is 0 Å². The third-order valence-electron chi connectivity index (χ3n) is 0.714. The number of rotatable bonds is 1. The molecule has 0 heterocycles. The van der Waals surface area contributed by atoms with Gasteiger partial charge in [-0.25, -0.2) is 0 Å². The zero-order valence-corrected chi connectivity index (χ0v) is 4.52. The summed E-state index contributed by atoms with van der Waals surface area (Å²) in [4.78, 5) is 0. The van der Waals surface area contributed by atoms with Crippen LogP contribution >= 0.6 is 0 Å². The van der Waals surface area contributed by atoms with Crippen LogP contribution in [0, 0.1) is 12.0 Å². The van der Waals surface area contributed by atoms with Crippen LogP contribution in [0.3, 0.4) is 0 Å². The largest absolute Gasteiger partial charge is 0.462 e. The SMILES string of the molecule is CNC(C)C#CO. The highest BCUT2D eigenvalue weighted by molar-refractivity contribution is 4.98. The van der Waals surface area contributed by atoms with Gasteiger partial charge >= 0.3 is 0 Å². The van der Waals surface area contributed by atoms with Crippen molar-refractivity contribution in [3.63, 3.8) is 0 Å². The summed E-state index contributed by atoms with van der Waals surface area (Å²) in [7, 11) is 1.79. The lowest BCUT2D eigenvalue weighted by Gasteiger charge is -1.95. The van der Waals surface area contributed by atoms with Gasteiger partial charge in [0.15, 0.2) is 0 Å². The Kier molecular flexibility index (Phi) is 3.17. The molecule has 0 fully saturated rings. The molecule has 0 amide bonds. The van der Waals surface area contributed by atoms with E-state index in [9.17, 15) is 0 Å². The van der Waals surface area contributed by atoms with E-state index in [0.717, 1.165) is 0 Å². The minimum atomic E-state index is 0.0880. The van der Waals surface area contributed by atoms with Gasteiger partial charge in [0, 0.05) is 0 Å². The van der Waals surface area contributed by atoms with Crippen molar-refractivity contribution in [3.05, 3.63) is 0 Å². The average molecular weight is 99.1 g/mol. The monoisotopic (exact) mass is 99.1 g/mol. The van der Waals surface area contributed by atoms with Crippen LogP contribution < -0.4 is 5.32 Å². The van der Waals surface area contributed by atoms with E-state index in [1.807, 2.05) is 6.92 Å². The Morgan fingerprint density at radius 3 is 2.43 bits per heavy atom. The van der Waals surface area contributed by atoms with Gasteiger partial charge in [-0.1, -0.05) is 0 Å². The highest BCUT2D eigenvalue weighted by Gasteiger charge is 1.84. The zero-order chi connectivity index (χ0) is 5.70. The predicted molar refractivity (Wildman–Crippen MR) is 28.2 cm³/mol. The van der Waals surface area contributed by atoms with Crippen molar-refractivity contribution in [1.82, 2.24) is 5.32 Å². The normalized spacial score (nSPS) is 11.7. The van der Waals surface area contributed by atoms with Crippen molar-refractivity contribution < 1.29 is 5.11 Å². The molecule has 0 aromatic rings. The summed E-state index contributed by atoms with van der Waals surface area (Å²) in [6.45, 7) is 1.86. The van der Waals surface area contributed by atoms with Gasteiger partial charge < -0.3 is 10.4 Å². The van der Waals surface area contributed by atoms with E-state index in [2.05, 4.69) is 11.2 Å². The summed E-state index contributed by atoms with van der Waals surface area (Å²) in [5.41, 5.74) is 0. The molecule has 0 aromatic heterocycles. The summed E-state index contributed by atoms with van der Waals surface area (Å²) < 4.78 is 0. The number of hydrogen-bond acceptors (Lipinski definition) is 2. The molecule has 0 saturated heterocycles. The molecule has 1 atom stereocenters. The Bertz CT molecular complexity index is 90.0. The lowest BCUT2D eigenvalue weighted by molar-refractivity contribution is 0.514. The highest BCUT2D eigenvalue weighted by Crippen LogP contribution is 1.69. The second-order valence-electron chi connectivity index (χ2n) is 1.27. The van der Waals surface area contributed by atoms with Crippen molar-refractivity contribution in [2.75, 3.05) is 7.05 Å². The minimum Gasteiger partial charge on any atom is -0.462 e. The number of aliphatic hydroxyl groups is 1.